The highest BCUT2D eigenvalue weighted by Gasteiger charge is 1.99. The highest BCUT2D eigenvalue weighted by Crippen LogP contribution is 1.87. The Morgan fingerprint density at radius 2 is 1.67 bits per heavy atom. The van der Waals surface area contributed by atoms with Crippen LogP contribution in [0.25, 0.3) is 0 Å². The molecule has 54 valence electrons. The first-order valence-corrected chi connectivity index (χ1v) is 2.55. The summed E-state index contributed by atoms with van der Waals surface area (Å²) < 4.78 is 22.8. The molecule has 5 heteroatoms. The Labute approximate surface area is 51.6 Å². The van der Waals surface area contributed by atoms with Gasteiger partial charge in [0.15, 0.2) is 0 Å². The van der Waals surface area contributed by atoms with Crippen LogP contribution in [0.2, 0.25) is 0 Å². The highest BCUT2D eigenvalue weighted by molar-refractivity contribution is 4.47. The number of rotatable bonds is 5. The zero-order valence-corrected chi connectivity index (χ0v) is 4.89. The van der Waals surface area contributed by atoms with Crippen molar-refractivity contribution in [3.63, 3.8) is 0 Å². The molecule has 0 spiro atoms. The van der Waals surface area contributed by atoms with Gasteiger partial charge in [-0.1, -0.05) is 0 Å². The van der Waals surface area contributed by atoms with Crippen molar-refractivity contribution in [2.45, 2.75) is 0 Å². The van der Waals surface area contributed by atoms with Gasteiger partial charge in [-0.2, -0.15) is 0 Å². The average Bonchev–Trinajstić information content (AvgIpc) is 1.88. The lowest BCUT2D eigenvalue weighted by Crippen LogP contribution is -2.21. The molecule has 0 radical (unpaired) electrons. The van der Waals surface area contributed by atoms with E-state index in [9.17, 15) is 13.7 Å². The predicted octanol–water partition coefficient (Wildman–Crippen LogP) is 0.909. The first-order valence-electron chi connectivity index (χ1n) is 2.55. The van der Waals surface area contributed by atoms with Crippen LogP contribution in [0.15, 0.2) is 5.29 Å². The van der Waals surface area contributed by atoms with Gasteiger partial charge in [-0.05, 0) is 0 Å². The number of nitrogens with zero attached hydrogens (tertiary/aromatic N) is 2. The molecular weight excluding hydrogens is 130 g/mol. The fraction of sp³-hybridized carbons (Fsp3) is 1.00. The molecule has 0 aromatic rings. The van der Waals surface area contributed by atoms with E-state index in [0.29, 0.717) is 0 Å². The van der Waals surface area contributed by atoms with Gasteiger partial charge >= 0.3 is 0 Å². The van der Waals surface area contributed by atoms with Crippen molar-refractivity contribution in [3.05, 3.63) is 4.91 Å². The second kappa shape index (κ2) is 5.40. The molecule has 0 aromatic carbocycles. The smallest absolute Gasteiger partial charge is 0.109 e. The summed E-state index contributed by atoms with van der Waals surface area (Å²) in [5, 5.41) is 3.18. The Balaban J connectivity index is 3.29. The van der Waals surface area contributed by atoms with Crippen molar-refractivity contribution in [2.24, 2.45) is 5.29 Å². The predicted molar refractivity (Wildman–Crippen MR) is 29.3 cm³/mol. The molecule has 0 heterocycles. The van der Waals surface area contributed by atoms with E-state index >= 15 is 0 Å². The second-order valence-electron chi connectivity index (χ2n) is 1.41. The monoisotopic (exact) mass is 138 g/mol. The molecule has 0 saturated carbocycles. The summed E-state index contributed by atoms with van der Waals surface area (Å²) in [4.78, 5) is 9.63. The highest BCUT2D eigenvalue weighted by atomic mass is 19.1. The van der Waals surface area contributed by atoms with Crippen LogP contribution in [0.5, 0.6) is 0 Å². The van der Waals surface area contributed by atoms with Crippen molar-refractivity contribution < 1.29 is 8.78 Å². The maximum Gasteiger partial charge on any atom is 0.109 e. The van der Waals surface area contributed by atoms with Gasteiger partial charge in [0.25, 0.3) is 0 Å². The summed E-state index contributed by atoms with van der Waals surface area (Å²) >= 11 is 0. The van der Waals surface area contributed by atoms with Gasteiger partial charge in [0.2, 0.25) is 0 Å². The van der Waals surface area contributed by atoms with E-state index < -0.39 is 13.3 Å². The Hall–Kier alpha value is -0.740. The minimum Gasteiger partial charge on any atom is -0.256 e. The lowest BCUT2D eigenvalue weighted by atomic mass is 10.6. The zero-order chi connectivity index (χ0) is 7.11. The van der Waals surface area contributed by atoms with Crippen LogP contribution >= 0.6 is 0 Å². The third-order valence-corrected chi connectivity index (χ3v) is 0.801. The van der Waals surface area contributed by atoms with E-state index in [1.165, 1.54) is 0 Å². The van der Waals surface area contributed by atoms with Gasteiger partial charge in [-0.3, -0.25) is 5.01 Å². The van der Waals surface area contributed by atoms with Crippen molar-refractivity contribution in [3.8, 4) is 0 Å². The van der Waals surface area contributed by atoms with Crippen LogP contribution < -0.4 is 0 Å². The Morgan fingerprint density at radius 1 is 1.22 bits per heavy atom. The maximum atomic E-state index is 11.4. The molecule has 0 rings (SSSR count). The number of alkyl halides is 2. The summed E-state index contributed by atoms with van der Waals surface area (Å²) in [6, 6.07) is 0. The lowest BCUT2D eigenvalue weighted by molar-refractivity contribution is 0.234. The van der Waals surface area contributed by atoms with Gasteiger partial charge in [0.1, 0.15) is 13.3 Å². The number of halogens is 2. The van der Waals surface area contributed by atoms with E-state index in [1.807, 2.05) is 0 Å². The fourth-order valence-corrected chi connectivity index (χ4v) is 0.389. The molecular formula is C4H8F2N2O. The topological polar surface area (TPSA) is 32.7 Å². The fourth-order valence-electron chi connectivity index (χ4n) is 0.389. The van der Waals surface area contributed by atoms with Gasteiger partial charge in [0.05, 0.1) is 18.4 Å². The van der Waals surface area contributed by atoms with Crippen LogP contribution in [0.4, 0.5) is 8.78 Å². The summed E-state index contributed by atoms with van der Waals surface area (Å²) in [7, 11) is 0. The van der Waals surface area contributed by atoms with Gasteiger partial charge in [-0.25, -0.2) is 8.78 Å². The largest absolute Gasteiger partial charge is 0.256 e. The lowest BCUT2D eigenvalue weighted by Gasteiger charge is -2.08. The molecule has 0 aliphatic carbocycles. The van der Waals surface area contributed by atoms with Crippen LogP contribution in [0, 0.1) is 4.91 Å². The van der Waals surface area contributed by atoms with Crippen LogP contribution in [0.3, 0.4) is 0 Å². The Kier molecular flexibility index (Phi) is 4.95. The second-order valence-corrected chi connectivity index (χ2v) is 1.41. The molecule has 0 fully saturated rings. The minimum atomic E-state index is -0.675. The third kappa shape index (κ3) is 3.81. The number of hydrogen-bond acceptors (Lipinski definition) is 2. The van der Waals surface area contributed by atoms with Crippen molar-refractivity contribution in [1.82, 2.24) is 5.01 Å². The zero-order valence-electron chi connectivity index (χ0n) is 4.89. The van der Waals surface area contributed by atoms with Gasteiger partial charge in [-0.15, -0.1) is 4.91 Å². The van der Waals surface area contributed by atoms with E-state index in [1.54, 1.807) is 0 Å². The molecule has 9 heavy (non-hydrogen) atoms. The van der Waals surface area contributed by atoms with Crippen molar-refractivity contribution in [1.29, 1.82) is 0 Å². The summed E-state index contributed by atoms with van der Waals surface area (Å²) in [6.07, 6.45) is 0. The van der Waals surface area contributed by atoms with Crippen molar-refractivity contribution >= 4 is 0 Å². The molecule has 0 amide bonds. The minimum absolute atomic E-state index is 0.118. The summed E-state index contributed by atoms with van der Waals surface area (Å²) in [5.74, 6) is 0. The van der Waals surface area contributed by atoms with Gasteiger partial charge in [0, 0.05) is 0 Å². The summed E-state index contributed by atoms with van der Waals surface area (Å²) in [5.41, 5.74) is 0. The van der Waals surface area contributed by atoms with Gasteiger partial charge < -0.3 is 0 Å². The normalized spacial score (nSPS) is 9.11. The molecule has 0 aliphatic rings. The van der Waals surface area contributed by atoms with E-state index in [2.05, 4.69) is 5.29 Å². The molecule has 0 saturated heterocycles. The molecule has 0 unspecified atom stereocenters. The molecule has 0 bridgehead atoms. The van der Waals surface area contributed by atoms with E-state index in [0.717, 1.165) is 5.01 Å². The SMILES string of the molecule is O=NN(CCF)CCF. The van der Waals surface area contributed by atoms with Crippen molar-refractivity contribution in [2.75, 3.05) is 26.4 Å². The van der Waals surface area contributed by atoms with Crippen LogP contribution in [-0.4, -0.2) is 31.4 Å². The number of hydrogen-bond donors (Lipinski definition) is 0. The Morgan fingerprint density at radius 3 is 1.89 bits per heavy atom. The first kappa shape index (κ1) is 8.26. The third-order valence-electron chi connectivity index (χ3n) is 0.801. The Bertz CT molecular complexity index is 75.0. The van der Waals surface area contributed by atoms with Crippen LogP contribution in [0.1, 0.15) is 0 Å². The standard InChI is InChI=1S/C4H8F2N2O/c5-1-3-8(7-9)4-2-6/h1-4H2. The molecule has 0 atom stereocenters. The van der Waals surface area contributed by atoms with E-state index in [-0.39, 0.29) is 13.1 Å². The summed E-state index contributed by atoms with van der Waals surface area (Å²) in [6.45, 7) is -1.58. The molecule has 0 aliphatic heterocycles. The maximum absolute atomic E-state index is 11.4. The molecule has 0 aromatic heterocycles. The quantitative estimate of drug-likeness (QED) is 0.417. The average molecular weight is 138 g/mol. The van der Waals surface area contributed by atoms with Crippen LogP contribution in [-0.2, 0) is 0 Å². The first-order chi connectivity index (χ1) is 4.35. The molecule has 3 nitrogen and oxygen atoms in total. The molecule has 0 N–H and O–H groups in total. The van der Waals surface area contributed by atoms with E-state index in [4.69, 9.17) is 0 Å². The number of nitroso groups, excluding NO2 is 1.